The van der Waals surface area contributed by atoms with Crippen molar-refractivity contribution in [3.05, 3.63) is 100 Å². The second-order valence-electron chi connectivity index (χ2n) is 7.31. The highest BCUT2D eigenvalue weighted by Crippen LogP contribution is 2.23. The lowest BCUT2D eigenvalue weighted by Gasteiger charge is -2.11. The van der Waals surface area contributed by atoms with Gasteiger partial charge in [0, 0.05) is 16.4 Å². The van der Waals surface area contributed by atoms with Crippen molar-refractivity contribution in [2.24, 2.45) is 0 Å². The summed E-state index contributed by atoms with van der Waals surface area (Å²) in [4.78, 5) is 25.6. The van der Waals surface area contributed by atoms with Crippen LogP contribution in [0, 0.1) is 13.8 Å². The fourth-order valence-corrected chi connectivity index (χ4v) is 3.46. The number of para-hydroxylation sites is 1. The number of anilines is 2. The van der Waals surface area contributed by atoms with Crippen molar-refractivity contribution >= 4 is 34.8 Å². The smallest absolute Gasteiger partial charge is 0.291 e. The van der Waals surface area contributed by atoms with Crippen molar-refractivity contribution < 1.29 is 14.0 Å². The summed E-state index contributed by atoms with van der Waals surface area (Å²) >= 11 is 6.09. The lowest BCUT2D eigenvalue weighted by molar-refractivity contribution is 0.0994. The molecular weight excluding hydrogens is 428 g/mol. The van der Waals surface area contributed by atoms with Gasteiger partial charge in [0.25, 0.3) is 11.8 Å². The first kappa shape index (κ1) is 21.4. The van der Waals surface area contributed by atoms with Crippen molar-refractivity contribution in [2.75, 3.05) is 10.6 Å². The maximum atomic E-state index is 12.8. The summed E-state index contributed by atoms with van der Waals surface area (Å²) in [5, 5.41) is 10.3. The predicted octanol–water partition coefficient (Wildman–Crippen LogP) is 5.30. The lowest BCUT2D eigenvalue weighted by Crippen LogP contribution is -2.18. The molecule has 0 aliphatic carbocycles. The minimum absolute atomic E-state index is 0.130. The van der Waals surface area contributed by atoms with Crippen LogP contribution < -0.4 is 10.6 Å². The fraction of sp³-hybridized carbons (Fsp3) is 0.125. The number of rotatable bonds is 6. The molecule has 4 rings (SSSR count). The van der Waals surface area contributed by atoms with E-state index in [9.17, 15) is 9.59 Å². The molecule has 0 aliphatic rings. The molecule has 0 spiro atoms. The van der Waals surface area contributed by atoms with Crippen molar-refractivity contribution in [3.8, 4) is 0 Å². The Bertz CT molecular complexity index is 1280. The van der Waals surface area contributed by atoms with E-state index in [4.69, 9.17) is 16.0 Å². The molecule has 0 fully saturated rings. The van der Waals surface area contributed by atoms with Crippen LogP contribution in [0.4, 0.5) is 11.4 Å². The highest BCUT2D eigenvalue weighted by molar-refractivity contribution is 6.31. The molecule has 2 amide bonds. The molecule has 2 aromatic carbocycles. The minimum atomic E-state index is -0.472. The molecule has 2 N–H and O–H groups in total. The summed E-state index contributed by atoms with van der Waals surface area (Å²) in [6.07, 6.45) is 0. The largest absolute Gasteiger partial charge is 0.454 e. The van der Waals surface area contributed by atoms with Gasteiger partial charge in [0.05, 0.1) is 23.5 Å². The van der Waals surface area contributed by atoms with Gasteiger partial charge in [0.2, 0.25) is 0 Å². The number of halogens is 1. The summed E-state index contributed by atoms with van der Waals surface area (Å²) in [6, 6.07) is 19.0. The molecule has 0 unspecified atom stereocenters. The number of carbonyl (C=O) groups excluding carboxylic acids is 2. The van der Waals surface area contributed by atoms with E-state index in [1.165, 1.54) is 6.07 Å². The van der Waals surface area contributed by atoms with Crippen LogP contribution in [0.1, 0.15) is 38.1 Å². The van der Waals surface area contributed by atoms with E-state index in [2.05, 4.69) is 15.7 Å². The number of amides is 2. The minimum Gasteiger partial charge on any atom is -0.454 e. The van der Waals surface area contributed by atoms with Crippen LogP contribution in [-0.2, 0) is 6.54 Å². The van der Waals surface area contributed by atoms with Gasteiger partial charge in [-0.15, -0.1) is 0 Å². The number of benzene rings is 2. The maximum Gasteiger partial charge on any atom is 0.291 e. The Hall–Kier alpha value is -3.84. The molecule has 0 bridgehead atoms. The first-order chi connectivity index (χ1) is 15.4. The summed E-state index contributed by atoms with van der Waals surface area (Å²) < 4.78 is 7.51. The Morgan fingerprint density at radius 2 is 1.75 bits per heavy atom. The molecule has 0 saturated carbocycles. The van der Waals surface area contributed by atoms with Gasteiger partial charge in [-0.05, 0) is 62.4 Å². The average molecular weight is 449 g/mol. The standard InChI is InChI=1S/C24H21ClN4O3/c1-15-12-16(2)29(28-15)14-19-9-11-22(32-19)24(31)27-21-10-8-17(25)13-20(21)23(30)26-18-6-4-3-5-7-18/h3-13H,14H2,1-2H3,(H,26,30)(H,27,31). The van der Waals surface area contributed by atoms with Crippen LogP contribution in [0.15, 0.2) is 71.1 Å². The number of carbonyl (C=O) groups is 2. The fourth-order valence-electron chi connectivity index (χ4n) is 3.28. The summed E-state index contributed by atoms with van der Waals surface area (Å²) in [5.74, 6) is -0.134. The van der Waals surface area contributed by atoms with Gasteiger partial charge < -0.3 is 15.1 Å². The number of hydrogen-bond acceptors (Lipinski definition) is 4. The number of nitrogens with one attached hydrogen (secondary N) is 2. The highest BCUT2D eigenvalue weighted by Gasteiger charge is 2.18. The van der Waals surface area contributed by atoms with Crippen LogP contribution in [0.3, 0.4) is 0 Å². The topological polar surface area (TPSA) is 89.2 Å². The molecule has 162 valence electrons. The Balaban J connectivity index is 1.50. The predicted molar refractivity (Wildman–Crippen MR) is 123 cm³/mol. The maximum absolute atomic E-state index is 12.8. The van der Waals surface area contributed by atoms with E-state index in [1.54, 1.807) is 41.1 Å². The van der Waals surface area contributed by atoms with Crippen LogP contribution in [0.25, 0.3) is 0 Å². The van der Waals surface area contributed by atoms with Crippen LogP contribution in [0.2, 0.25) is 5.02 Å². The van der Waals surface area contributed by atoms with Crippen molar-refractivity contribution in [1.82, 2.24) is 9.78 Å². The van der Waals surface area contributed by atoms with Crippen molar-refractivity contribution in [3.63, 3.8) is 0 Å². The van der Waals surface area contributed by atoms with Crippen molar-refractivity contribution in [1.29, 1.82) is 0 Å². The lowest BCUT2D eigenvalue weighted by atomic mass is 10.1. The molecule has 0 saturated heterocycles. The molecule has 32 heavy (non-hydrogen) atoms. The Labute approximate surface area is 190 Å². The normalized spacial score (nSPS) is 10.7. The Morgan fingerprint density at radius 1 is 0.969 bits per heavy atom. The quantitative estimate of drug-likeness (QED) is 0.419. The zero-order valence-electron chi connectivity index (χ0n) is 17.6. The SMILES string of the molecule is Cc1cc(C)n(Cc2ccc(C(=O)Nc3ccc(Cl)cc3C(=O)Nc3ccccc3)o2)n1. The third-order valence-corrected chi connectivity index (χ3v) is 5.04. The average Bonchev–Trinajstić information content (AvgIpc) is 3.36. The number of nitrogens with zero attached hydrogens (tertiary/aromatic N) is 2. The zero-order chi connectivity index (χ0) is 22.7. The molecule has 7 nitrogen and oxygen atoms in total. The summed E-state index contributed by atoms with van der Waals surface area (Å²) in [7, 11) is 0. The molecule has 4 aromatic rings. The van der Waals surface area contributed by atoms with E-state index in [1.807, 2.05) is 38.1 Å². The molecule has 2 heterocycles. The Morgan fingerprint density at radius 3 is 2.47 bits per heavy atom. The molecule has 2 aromatic heterocycles. The number of aromatic nitrogens is 2. The summed E-state index contributed by atoms with van der Waals surface area (Å²) in [5.41, 5.74) is 3.11. The first-order valence-electron chi connectivity index (χ1n) is 9.96. The first-order valence-corrected chi connectivity index (χ1v) is 10.3. The van der Waals surface area contributed by atoms with Gasteiger partial charge in [-0.2, -0.15) is 5.10 Å². The van der Waals surface area contributed by atoms with E-state index < -0.39 is 11.8 Å². The molecule has 8 heteroatoms. The monoisotopic (exact) mass is 448 g/mol. The van der Waals surface area contributed by atoms with Gasteiger partial charge in [-0.25, -0.2) is 0 Å². The summed E-state index contributed by atoms with van der Waals surface area (Å²) in [6.45, 7) is 4.29. The van der Waals surface area contributed by atoms with E-state index in [-0.39, 0.29) is 11.3 Å². The third-order valence-electron chi connectivity index (χ3n) is 4.80. The van der Waals surface area contributed by atoms with E-state index in [0.717, 1.165) is 11.4 Å². The van der Waals surface area contributed by atoms with Gasteiger partial charge in [0.1, 0.15) is 5.76 Å². The Kier molecular flexibility index (Phi) is 6.09. The molecule has 0 radical (unpaired) electrons. The van der Waals surface area contributed by atoms with Gasteiger partial charge in [-0.1, -0.05) is 29.8 Å². The zero-order valence-corrected chi connectivity index (χ0v) is 18.3. The van der Waals surface area contributed by atoms with Gasteiger partial charge in [-0.3, -0.25) is 14.3 Å². The molecular formula is C24H21ClN4O3. The second-order valence-corrected chi connectivity index (χ2v) is 7.75. The van der Waals surface area contributed by atoms with Crippen LogP contribution in [-0.4, -0.2) is 21.6 Å². The van der Waals surface area contributed by atoms with E-state index in [0.29, 0.717) is 28.7 Å². The molecule has 0 aliphatic heterocycles. The van der Waals surface area contributed by atoms with Crippen LogP contribution >= 0.6 is 11.6 Å². The number of hydrogen-bond donors (Lipinski definition) is 2. The van der Waals surface area contributed by atoms with Gasteiger partial charge >= 0.3 is 0 Å². The van der Waals surface area contributed by atoms with Crippen molar-refractivity contribution in [2.45, 2.75) is 20.4 Å². The van der Waals surface area contributed by atoms with E-state index >= 15 is 0 Å². The number of furan rings is 1. The highest BCUT2D eigenvalue weighted by atomic mass is 35.5. The van der Waals surface area contributed by atoms with Crippen LogP contribution in [0.5, 0.6) is 0 Å². The third kappa shape index (κ3) is 4.90. The van der Waals surface area contributed by atoms with Gasteiger partial charge in [0.15, 0.2) is 5.76 Å². The molecule has 0 atom stereocenters. The number of aryl methyl sites for hydroxylation is 2. The second kappa shape index (κ2) is 9.11.